The third-order valence-corrected chi connectivity index (χ3v) is 7.90. The lowest BCUT2D eigenvalue weighted by atomic mass is 10.1. The number of carbonyl (C=O) groups excluding carboxylic acids is 1. The number of likely N-dealkylation sites (tertiary alicyclic amines) is 1. The van der Waals surface area contributed by atoms with Gasteiger partial charge < -0.3 is 29.7 Å². The number of aromatic amines is 1. The highest BCUT2D eigenvalue weighted by atomic mass is 19.1. The minimum absolute atomic E-state index is 0.134. The zero-order valence-electron chi connectivity index (χ0n) is 22.1. The average Bonchev–Trinajstić information content (AvgIpc) is 3.48. The number of urea groups is 1. The first kappa shape index (κ1) is 25.1. The van der Waals surface area contributed by atoms with Gasteiger partial charge in [-0.05, 0) is 64.6 Å². The maximum absolute atomic E-state index is 15.2. The molecule has 6 rings (SSSR count). The summed E-state index contributed by atoms with van der Waals surface area (Å²) in [7, 11) is 2.10. The van der Waals surface area contributed by atoms with E-state index in [1.54, 1.807) is 4.68 Å². The number of hydrogen-bond acceptors (Lipinski definition) is 6. The number of rotatable bonds is 4. The summed E-state index contributed by atoms with van der Waals surface area (Å²) in [5, 5.41) is 7.88. The average molecular weight is 525 g/mol. The van der Waals surface area contributed by atoms with Gasteiger partial charge in [0, 0.05) is 45.4 Å². The van der Waals surface area contributed by atoms with Gasteiger partial charge in [-0.25, -0.2) is 18.9 Å². The smallest absolute Gasteiger partial charge is 0.321 e. The number of aromatic nitrogens is 4. The molecule has 2 N–H and O–H groups in total. The number of piperidine rings is 1. The minimum Gasteiger partial charge on any atom is -0.368 e. The molecule has 2 amide bonds. The molecule has 0 bridgehead atoms. The number of ether oxygens (including phenoxy) is 1. The second-order valence-corrected chi connectivity index (χ2v) is 10.7. The molecular weight excluding hydrogens is 487 g/mol. The van der Waals surface area contributed by atoms with Crippen molar-refractivity contribution >= 4 is 28.4 Å². The lowest BCUT2D eigenvalue weighted by Gasteiger charge is -2.26. The lowest BCUT2D eigenvalue weighted by Crippen LogP contribution is -2.38. The maximum Gasteiger partial charge on any atom is 0.321 e. The predicted octanol–water partition coefficient (Wildman–Crippen LogP) is 4.42. The van der Waals surface area contributed by atoms with Crippen molar-refractivity contribution in [2.45, 2.75) is 51.2 Å². The topological polar surface area (TPSA) is 94.5 Å². The van der Waals surface area contributed by atoms with Crippen molar-refractivity contribution in [3.63, 3.8) is 0 Å². The van der Waals surface area contributed by atoms with E-state index in [9.17, 15) is 4.79 Å². The second-order valence-electron chi connectivity index (χ2n) is 10.7. The van der Waals surface area contributed by atoms with Gasteiger partial charge in [0.2, 0.25) is 0 Å². The van der Waals surface area contributed by atoms with E-state index in [1.165, 1.54) is 6.07 Å². The van der Waals surface area contributed by atoms with Crippen molar-refractivity contribution in [3.05, 3.63) is 24.1 Å². The Kier molecular flexibility index (Phi) is 7.20. The van der Waals surface area contributed by atoms with E-state index in [-0.39, 0.29) is 18.1 Å². The molecule has 3 aliphatic rings. The Labute approximate surface area is 222 Å². The quantitative estimate of drug-likeness (QED) is 0.525. The maximum atomic E-state index is 15.2. The van der Waals surface area contributed by atoms with Crippen LogP contribution in [-0.2, 0) is 4.74 Å². The molecule has 0 aliphatic carbocycles. The summed E-state index contributed by atoms with van der Waals surface area (Å²) < 4.78 is 23.0. The first-order valence-corrected chi connectivity index (χ1v) is 13.9. The third kappa shape index (κ3) is 5.22. The van der Waals surface area contributed by atoms with Gasteiger partial charge >= 0.3 is 6.03 Å². The molecule has 3 saturated heterocycles. The van der Waals surface area contributed by atoms with Gasteiger partial charge in [0.1, 0.15) is 12.0 Å². The largest absolute Gasteiger partial charge is 0.368 e. The first-order chi connectivity index (χ1) is 18.5. The van der Waals surface area contributed by atoms with Gasteiger partial charge in [-0.3, -0.25) is 0 Å². The molecule has 1 aromatic carbocycles. The van der Waals surface area contributed by atoms with Crippen LogP contribution >= 0.6 is 0 Å². The van der Waals surface area contributed by atoms with Crippen LogP contribution in [0, 0.1) is 5.82 Å². The Bertz CT molecular complexity index is 1280. The number of H-pyrrole nitrogens is 1. The normalized spacial score (nSPS) is 21.6. The van der Waals surface area contributed by atoms with Crippen LogP contribution in [0.2, 0.25) is 0 Å². The fourth-order valence-electron chi connectivity index (χ4n) is 5.69. The molecule has 38 heavy (non-hydrogen) atoms. The summed E-state index contributed by atoms with van der Waals surface area (Å²) in [6.45, 7) is 5.68. The fraction of sp³-hybridized carbons (Fsp3) is 0.593. The van der Waals surface area contributed by atoms with Gasteiger partial charge in [0.15, 0.2) is 11.5 Å². The Morgan fingerprint density at radius 3 is 2.74 bits per heavy atom. The van der Waals surface area contributed by atoms with E-state index in [1.807, 2.05) is 17.2 Å². The molecule has 10 nitrogen and oxygen atoms in total. The van der Waals surface area contributed by atoms with E-state index in [0.29, 0.717) is 35.0 Å². The number of benzene rings is 1. The molecule has 1 atom stereocenters. The Morgan fingerprint density at radius 1 is 1.05 bits per heavy atom. The summed E-state index contributed by atoms with van der Waals surface area (Å²) in [6.07, 6.45) is 8.78. The summed E-state index contributed by atoms with van der Waals surface area (Å²) >= 11 is 0. The number of nitrogens with one attached hydrogen (secondary N) is 2. The molecule has 3 aliphatic heterocycles. The van der Waals surface area contributed by atoms with Crippen molar-refractivity contribution in [2.75, 3.05) is 63.1 Å². The molecule has 2 aromatic heterocycles. The summed E-state index contributed by atoms with van der Waals surface area (Å²) in [5.74, 6) is 0.218. The Balaban J connectivity index is 1.33. The van der Waals surface area contributed by atoms with Crippen LogP contribution in [0.3, 0.4) is 0 Å². The molecule has 204 valence electrons. The molecule has 0 saturated carbocycles. The standard InChI is InChI=1S/C27H37FN8O2/c1-33-9-7-12-34(14-13-33)23-17-21-20(16-19(23)28)29-26(30-21)25-22(31-27(37)35-10-4-2-5-11-35)18-36(32-25)24-8-3-6-15-38-24/h16-18,24H,2-15H2,1H3,(H,29,30)(H,31,37). The number of halogens is 1. The predicted molar refractivity (Wildman–Crippen MR) is 145 cm³/mol. The number of nitrogens with zero attached hydrogens (tertiary/aromatic N) is 6. The number of carbonyl (C=O) groups is 1. The first-order valence-electron chi connectivity index (χ1n) is 13.9. The number of likely N-dealkylation sites (N-methyl/N-ethyl adjacent to an activating group) is 1. The van der Waals surface area contributed by atoms with Crippen molar-refractivity contribution in [3.8, 4) is 11.5 Å². The van der Waals surface area contributed by atoms with Gasteiger partial charge in [-0.2, -0.15) is 5.10 Å². The molecular formula is C27H37FN8O2. The van der Waals surface area contributed by atoms with Crippen molar-refractivity contribution in [1.29, 1.82) is 0 Å². The zero-order chi connectivity index (χ0) is 26.1. The van der Waals surface area contributed by atoms with Crippen molar-refractivity contribution < 1.29 is 13.9 Å². The Morgan fingerprint density at radius 2 is 1.92 bits per heavy atom. The number of amides is 2. The monoisotopic (exact) mass is 524 g/mol. The molecule has 0 radical (unpaired) electrons. The fourth-order valence-corrected chi connectivity index (χ4v) is 5.69. The molecule has 11 heteroatoms. The van der Waals surface area contributed by atoms with Crippen LogP contribution < -0.4 is 10.2 Å². The summed E-state index contributed by atoms with van der Waals surface area (Å²) in [4.78, 5) is 27.4. The van der Waals surface area contributed by atoms with E-state index >= 15 is 4.39 Å². The summed E-state index contributed by atoms with van der Waals surface area (Å²) in [6, 6.07) is 3.21. The SMILES string of the molecule is CN1CCCN(c2cc3[nH]c(-c4nn(C5CCCCO5)cc4NC(=O)N4CCCCC4)nc3cc2F)CC1. The molecule has 1 unspecified atom stereocenters. The van der Waals surface area contributed by atoms with Crippen LogP contribution in [0.15, 0.2) is 18.3 Å². The van der Waals surface area contributed by atoms with Gasteiger partial charge in [-0.15, -0.1) is 0 Å². The lowest BCUT2D eigenvalue weighted by molar-refractivity contribution is -0.0393. The Hall–Kier alpha value is -3.18. The van der Waals surface area contributed by atoms with Crippen LogP contribution in [0.25, 0.3) is 22.6 Å². The van der Waals surface area contributed by atoms with Crippen molar-refractivity contribution in [2.24, 2.45) is 0 Å². The highest BCUT2D eigenvalue weighted by Gasteiger charge is 2.25. The van der Waals surface area contributed by atoms with Gasteiger partial charge in [0.05, 0.1) is 28.6 Å². The number of fused-ring (bicyclic) bond motifs is 1. The number of anilines is 2. The third-order valence-electron chi connectivity index (χ3n) is 7.90. The van der Waals surface area contributed by atoms with Crippen LogP contribution in [0.5, 0.6) is 0 Å². The van der Waals surface area contributed by atoms with E-state index < -0.39 is 0 Å². The van der Waals surface area contributed by atoms with Crippen LogP contribution in [0.1, 0.15) is 51.2 Å². The van der Waals surface area contributed by atoms with E-state index in [0.717, 1.165) is 89.7 Å². The highest BCUT2D eigenvalue weighted by molar-refractivity contribution is 5.93. The highest BCUT2D eigenvalue weighted by Crippen LogP contribution is 2.33. The van der Waals surface area contributed by atoms with Gasteiger partial charge in [0.25, 0.3) is 0 Å². The van der Waals surface area contributed by atoms with Crippen molar-refractivity contribution in [1.82, 2.24) is 29.5 Å². The molecule has 3 aromatic rings. The second kappa shape index (κ2) is 10.9. The number of imidazole rings is 1. The zero-order valence-corrected chi connectivity index (χ0v) is 22.1. The molecule has 3 fully saturated rings. The molecule has 5 heterocycles. The van der Waals surface area contributed by atoms with E-state index in [4.69, 9.17) is 14.8 Å². The molecule has 0 spiro atoms. The van der Waals surface area contributed by atoms with Gasteiger partial charge in [-0.1, -0.05) is 0 Å². The van der Waals surface area contributed by atoms with Crippen LogP contribution in [-0.4, -0.2) is 88.5 Å². The number of hydrogen-bond donors (Lipinski definition) is 2. The summed E-state index contributed by atoms with van der Waals surface area (Å²) in [5.41, 5.74) is 2.96. The van der Waals surface area contributed by atoms with E-state index in [2.05, 4.69) is 27.1 Å². The minimum atomic E-state index is -0.278. The van der Waals surface area contributed by atoms with Crippen LogP contribution in [0.4, 0.5) is 20.6 Å².